The third kappa shape index (κ3) is 4.24. The lowest BCUT2D eigenvalue weighted by Gasteiger charge is -2.38. The van der Waals surface area contributed by atoms with Gasteiger partial charge in [-0.1, -0.05) is 13.8 Å². The number of nitrogens with zero attached hydrogens (tertiary/aromatic N) is 3. The zero-order valence-corrected chi connectivity index (χ0v) is 13.2. The van der Waals surface area contributed by atoms with E-state index in [-0.39, 0.29) is 0 Å². The molecule has 1 aromatic heterocycles. The van der Waals surface area contributed by atoms with Gasteiger partial charge in [0.1, 0.15) is 5.01 Å². The van der Waals surface area contributed by atoms with Gasteiger partial charge in [-0.3, -0.25) is 4.90 Å². The molecule has 0 amide bonds. The Hall–Kier alpha value is -0.490. The summed E-state index contributed by atoms with van der Waals surface area (Å²) in [5, 5.41) is 6.75. The maximum absolute atomic E-state index is 4.71. The molecule has 5 heteroatoms. The highest BCUT2D eigenvalue weighted by Gasteiger charge is 2.23. The minimum Gasteiger partial charge on any atom is -0.311 e. The van der Waals surface area contributed by atoms with Crippen LogP contribution in [0.2, 0.25) is 0 Å². The number of rotatable bonds is 6. The molecule has 2 rings (SSSR count). The summed E-state index contributed by atoms with van der Waals surface area (Å²) < 4.78 is 0. The van der Waals surface area contributed by atoms with Crippen LogP contribution < -0.4 is 5.32 Å². The molecular weight excluding hydrogens is 256 g/mol. The lowest BCUT2D eigenvalue weighted by atomic mass is 10.1. The van der Waals surface area contributed by atoms with E-state index in [1.165, 1.54) is 30.2 Å². The Morgan fingerprint density at radius 1 is 1.42 bits per heavy atom. The molecule has 19 heavy (non-hydrogen) atoms. The van der Waals surface area contributed by atoms with E-state index in [1.807, 2.05) is 0 Å². The summed E-state index contributed by atoms with van der Waals surface area (Å²) in [5.74, 6) is 0. The second-order valence-corrected chi connectivity index (χ2v) is 6.23. The van der Waals surface area contributed by atoms with Gasteiger partial charge in [-0.2, -0.15) is 0 Å². The highest BCUT2D eigenvalue weighted by atomic mass is 32.1. The predicted octanol–water partition coefficient (Wildman–Crippen LogP) is 1.78. The molecule has 1 atom stereocenters. The van der Waals surface area contributed by atoms with E-state index in [0.717, 1.165) is 26.2 Å². The maximum Gasteiger partial charge on any atom is 0.107 e. The number of hydrogen-bond acceptors (Lipinski definition) is 5. The number of aromatic nitrogens is 1. The van der Waals surface area contributed by atoms with Crippen LogP contribution in [0.4, 0.5) is 0 Å². The monoisotopic (exact) mass is 282 g/mol. The first kappa shape index (κ1) is 14.9. The molecule has 1 aromatic rings. The van der Waals surface area contributed by atoms with Crippen LogP contribution >= 0.6 is 11.3 Å². The fourth-order valence-electron chi connectivity index (χ4n) is 2.56. The minimum atomic E-state index is 0.702. The van der Waals surface area contributed by atoms with Crippen molar-refractivity contribution >= 4 is 11.3 Å². The van der Waals surface area contributed by atoms with Crippen molar-refractivity contribution in [3.05, 3.63) is 16.1 Å². The molecule has 0 saturated carbocycles. The van der Waals surface area contributed by atoms with Gasteiger partial charge >= 0.3 is 0 Å². The predicted molar refractivity (Wildman–Crippen MR) is 81.5 cm³/mol. The number of piperazine rings is 1. The van der Waals surface area contributed by atoms with Gasteiger partial charge in [-0.15, -0.1) is 11.3 Å². The molecule has 108 valence electrons. The zero-order chi connectivity index (χ0) is 13.7. The lowest BCUT2D eigenvalue weighted by Crippen LogP contribution is -2.50. The quantitative estimate of drug-likeness (QED) is 0.862. The summed E-state index contributed by atoms with van der Waals surface area (Å²) in [6.45, 7) is 10.8. The van der Waals surface area contributed by atoms with Crippen LogP contribution in [-0.4, -0.2) is 54.1 Å². The van der Waals surface area contributed by atoms with E-state index in [4.69, 9.17) is 4.98 Å². The average Bonchev–Trinajstić information content (AvgIpc) is 2.86. The molecule has 1 N–H and O–H groups in total. The van der Waals surface area contributed by atoms with E-state index < -0.39 is 0 Å². The van der Waals surface area contributed by atoms with Gasteiger partial charge in [0.25, 0.3) is 0 Å². The molecule has 0 bridgehead atoms. The number of likely N-dealkylation sites (N-methyl/N-ethyl adjacent to an activating group) is 1. The summed E-state index contributed by atoms with van der Waals surface area (Å²) in [5.41, 5.74) is 1.23. The van der Waals surface area contributed by atoms with E-state index in [1.54, 1.807) is 11.3 Å². The van der Waals surface area contributed by atoms with Crippen molar-refractivity contribution in [2.75, 3.05) is 33.2 Å². The smallest absolute Gasteiger partial charge is 0.107 e. The molecule has 0 aliphatic carbocycles. The zero-order valence-electron chi connectivity index (χ0n) is 12.4. The molecule has 0 spiro atoms. The van der Waals surface area contributed by atoms with Crippen molar-refractivity contribution in [1.29, 1.82) is 0 Å². The van der Waals surface area contributed by atoms with Crippen LogP contribution in [0.3, 0.4) is 0 Å². The molecule has 0 aromatic carbocycles. The maximum atomic E-state index is 4.71. The Balaban J connectivity index is 1.85. The summed E-state index contributed by atoms with van der Waals surface area (Å²) in [6, 6.07) is 0.702. The van der Waals surface area contributed by atoms with Crippen molar-refractivity contribution in [1.82, 2.24) is 20.1 Å². The molecule has 1 fully saturated rings. The van der Waals surface area contributed by atoms with Crippen LogP contribution in [0, 0.1) is 0 Å². The standard InChI is InChI=1S/C14H26N4S/c1-4-13-10-18(7-6-17(13)3)9-12-11-19-14(16-12)8-15-5-2/h11,13,15H,4-10H2,1-3H3. The summed E-state index contributed by atoms with van der Waals surface area (Å²) in [6.07, 6.45) is 1.23. The van der Waals surface area contributed by atoms with Crippen molar-refractivity contribution in [3.63, 3.8) is 0 Å². The van der Waals surface area contributed by atoms with Crippen LogP contribution in [0.15, 0.2) is 5.38 Å². The summed E-state index contributed by atoms with van der Waals surface area (Å²) in [7, 11) is 2.24. The van der Waals surface area contributed by atoms with Gasteiger partial charge in [0, 0.05) is 44.1 Å². The highest BCUT2D eigenvalue weighted by Crippen LogP contribution is 2.16. The second kappa shape index (κ2) is 7.33. The Bertz CT molecular complexity index is 379. The van der Waals surface area contributed by atoms with E-state index in [2.05, 4.69) is 41.4 Å². The van der Waals surface area contributed by atoms with Gasteiger partial charge in [-0.25, -0.2) is 4.98 Å². The number of thiazole rings is 1. The average molecular weight is 282 g/mol. The Labute approximate surface area is 120 Å². The molecule has 1 unspecified atom stereocenters. The Morgan fingerprint density at radius 3 is 3.00 bits per heavy atom. The highest BCUT2D eigenvalue weighted by molar-refractivity contribution is 7.09. The van der Waals surface area contributed by atoms with Crippen LogP contribution in [0.1, 0.15) is 31.0 Å². The summed E-state index contributed by atoms with van der Waals surface area (Å²) in [4.78, 5) is 9.73. The first-order valence-electron chi connectivity index (χ1n) is 7.29. The van der Waals surface area contributed by atoms with Crippen molar-refractivity contribution in [3.8, 4) is 0 Å². The SMILES string of the molecule is CCNCc1nc(CN2CCN(C)C(CC)C2)cs1. The first-order valence-corrected chi connectivity index (χ1v) is 8.17. The minimum absolute atomic E-state index is 0.702. The van der Waals surface area contributed by atoms with E-state index in [9.17, 15) is 0 Å². The molecule has 1 aliphatic heterocycles. The lowest BCUT2D eigenvalue weighted by molar-refractivity contribution is 0.0876. The van der Waals surface area contributed by atoms with Gasteiger partial charge in [0.2, 0.25) is 0 Å². The van der Waals surface area contributed by atoms with Crippen molar-refractivity contribution in [2.24, 2.45) is 0 Å². The Morgan fingerprint density at radius 2 is 2.26 bits per heavy atom. The van der Waals surface area contributed by atoms with Crippen molar-refractivity contribution < 1.29 is 0 Å². The molecule has 2 heterocycles. The Kier molecular flexibility index (Phi) is 5.76. The third-order valence-electron chi connectivity index (χ3n) is 3.84. The molecule has 0 radical (unpaired) electrons. The van der Waals surface area contributed by atoms with Crippen molar-refractivity contribution in [2.45, 2.75) is 39.4 Å². The second-order valence-electron chi connectivity index (χ2n) is 5.29. The van der Waals surface area contributed by atoms with Crippen LogP contribution in [-0.2, 0) is 13.1 Å². The normalized spacial score (nSPS) is 21.9. The van der Waals surface area contributed by atoms with E-state index in [0.29, 0.717) is 6.04 Å². The first-order chi connectivity index (χ1) is 9.22. The summed E-state index contributed by atoms with van der Waals surface area (Å²) >= 11 is 1.77. The van der Waals surface area contributed by atoms with Gasteiger partial charge in [0.05, 0.1) is 5.69 Å². The third-order valence-corrected chi connectivity index (χ3v) is 4.74. The van der Waals surface area contributed by atoms with Gasteiger partial charge < -0.3 is 10.2 Å². The molecule has 1 aliphatic rings. The fraction of sp³-hybridized carbons (Fsp3) is 0.786. The molecule has 4 nitrogen and oxygen atoms in total. The largest absolute Gasteiger partial charge is 0.311 e. The van der Waals surface area contributed by atoms with Crippen LogP contribution in [0.25, 0.3) is 0 Å². The number of nitrogens with one attached hydrogen (secondary N) is 1. The molecule has 1 saturated heterocycles. The fourth-order valence-corrected chi connectivity index (χ4v) is 3.31. The van der Waals surface area contributed by atoms with Gasteiger partial charge in [0.15, 0.2) is 0 Å². The van der Waals surface area contributed by atoms with E-state index >= 15 is 0 Å². The topological polar surface area (TPSA) is 31.4 Å². The molecular formula is C14H26N4S. The van der Waals surface area contributed by atoms with Crippen LogP contribution in [0.5, 0.6) is 0 Å². The van der Waals surface area contributed by atoms with Gasteiger partial charge in [-0.05, 0) is 20.0 Å². The number of hydrogen-bond donors (Lipinski definition) is 1.